The van der Waals surface area contributed by atoms with E-state index < -0.39 is 27.6 Å². The van der Waals surface area contributed by atoms with Crippen molar-refractivity contribution in [1.82, 2.24) is 10.0 Å². The Balaban J connectivity index is 1.27. The highest BCUT2D eigenvalue weighted by molar-refractivity contribution is 7.89. The van der Waals surface area contributed by atoms with Crippen molar-refractivity contribution in [3.8, 4) is 11.1 Å². The molecule has 0 bridgehead atoms. The average Bonchev–Trinajstić information content (AvgIpc) is 3.45. The van der Waals surface area contributed by atoms with E-state index >= 15 is 0 Å². The van der Waals surface area contributed by atoms with Crippen LogP contribution in [0.3, 0.4) is 0 Å². The van der Waals surface area contributed by atoms with Crippen molar-refractivity contribution < 1.29 is 32.3 Å². The van der Waals surface area contributed by atoms with Gasteiger partial charge in [-0.25, -0.2) is 17.9 Å². The topological polar surface area (TPSA) is 160 Å². The Morgan fingerprint density at radius 3 is 2.25 bits per heavy atom. The average molecular weight is 745 g/mol. The Bertz CT molecular complexity index is 1940. The SMILES string of the molecule is Cc1cc(S(=O)(=O)NC(C)C)ccc1-c1ccc(C[C@H](CC(=O)C2CCC(CNC(=O)OC(C)(C)C)CC2)C(=O)Nc2ccc3c(c2)NCC3=O)cc1. The Labute approximate surface area is 313 Å². The van der Waals surface area contributed by atoms with Crippen molar-refractivity contribution in [2.24, 2.45) is 17.8 Å². The maximum Gasteiger partial charge on any atom is 0.407 e. The highest BCUT2D eigenvalue weighted by Crippen LogP contribution is 2.33. The lowest BCUT2D eigenvalue weighted by molar-refractivity contribution is -0.129. The molecule has 1 atom stereocenters. The molecule has 0 spiro atoms. The number of ketones is 2. The fraction of sp³-hybridized carbons (Fsp3) is 0.463. The van der Waals surface area contributed by atoms with E-state index in [-0.39, 0.29) is 53.2 Å². The normalized spacial score (nSPS) is 17.8. The van der Waals surface area contributed by atoms with Crippen molar-refractivity contribution in [3.63, 3.8) is 0 Å². The van der Waals surface area contributed by atoms with E-state index in [1.54, 1.807) is 50.2 Å². The predicted molar refractivity (Wildman–Crippen MR) is 206 cm³/mol. The molecule has 53 heavy (non-hydrogen) atoms. The second-order valence-electron chi connectivity index (χ2n) is 15.6. The molecule has 5 rings (SSSR count). The fourth-order valence-electron chi connectivity index (χ4n) is 7.03. The molecule has 0 saturated heterocycles. The number of hydrogen-bond acceptors (Lipinski definition) is 8. The monoisotopic (exact) mass is 744 g/mol. The minimum atomic E-state index is -3.62. The quantitative estimate of drug-likeness (QED) is 0.145. The molecule has 3 aromatic rings. The van der Waals surface area contributed by atoms with Crippen molar-refractivity contribution >= 4 is 45.0 Å². The van der Waals surface area contributed by atoms with Crippen LogP contribution < -0.4 is 20.7 Å². The van der Waals surface area contributed by atoms with Crippen LogP contribution in [0.4, 0.5) is 16.2 Å². The van der Waals surface area contributed by atoms with E-state index in [0.29, 0.717) is 42.7 Å². The molecule has 11 nitrogen and oxygen atoms in total. The van der Waals surface area contributed by atoms with Gasteiger partial charge in [-0.05, 0) is 132 Å². The lowest BCUT2D eigenvalue weighted by Crippen LogP contribution is -2.37. The van der Waals surface area contributed by atoms with Crippen LogP contribution in [0.5, 0.6) is 0 Å². The number of sulfonamides is 1. The Hall–Kier alpha value is -4.55. The molecule has 1 fully saturated rings. The summed E-state index contributed by atoms with van der Waals surface area (Å²) >= 11 is 0. The number of ether oxygens (including phenoxy) is 1. The number of anilines is 2. The van der Waals surface area contributed by atoms with Crippen LogP contribution in [0.15, 0.2) is 65.6 Å². The number of amides is 2. The summed E-state index contributed by atoms with van der Waals surface area (Å²) < 4.78 is 33.4. The lowest BCUT2D eigenvalue weighted by Gasteiger charge is -2.29. The first-order valence-corrected chi connectivity index (χ1v) is 19.9. The van der Waals surface area contributed by atoms with Gasteiger partial charge in [-0.3, -0.25) is 14.4 Å². The molecule has 0 unspecified atom stereocenters. The van der Waals surface area contributed by atoms with Crippen molar-refractivity contribution in [1.29, 1.82) is 0 Å². The number of benzene rings is 3. The van der Waals surface area contributed by atoms with Gasteiger partial charge in [0.25, 0.3) is 0 Å². The van der Waals surface area contributed by atoms with Crippen LogP contribution in [0.2, 0.25) is 0 Å². The van der Waals surface area contributed by atoms with Crippen molar-refractivity contribution in [2.45, 2.75) is 96.6 Å². The number of carbonyl (C=O) groups is 4. The summed E-state index contributed by atoms with van der Waals surface area (Å²) in [6.07, 6.45) is 2.96. The zero-order chi connectivity index (χ0) is 38.5. The summed E-state index contributed by atoms with van der Waals surface area (Å²) in [5.41, 5.74) is 4.74. The molecule has 284 valence electrons. The van der Waals surface area contributed by atoms with Gasteiger partial charge in [-0.1, -0.05) is 30.3 Å². The number of alkyl carbamates (subject to hydrolysis) is 1. The Kier molecular flexibility index (Phi) is 12.4. The molecule has 4 N–H and O–H groups in total. The third kappa shape index (κ3) is 10.8. The summed E-state index contributed by atoms with van der Waals surface area (Å²) in [6.45, 7) is 11.6. The third-order valence-corrected chi connectivity index (χ3v) is 11.4. The summed E-state index contributed by atoms with van der Waals surface area (Å²) in [7, 11) is -3.62. The standard InChI is InChI=1S/C41H52N4O7S/c1-25(2)45-53(50,51)33-16-18-34(26(3)19-33)29-11-7-27(8-12-29)20-31(39(48)44-32-15-17-35-36(22-32)42-24-38(35)47)21-37(46)30-13-9-28(10-14-30)23-43-40(49)52-41(4,5)6/h7-8,11-12,15-19,22,25,28,30-31,42,45H,9-10,13-14,20-21,23-24H2,1-6H3,(H,43,49)(H,44,48)/t28?,30?,31-/m1/s1. The molecule has 1 aliphatic carbocycles. The first kappa shape index (κ1) is 39.7. The molecule has 2 aliphatic rings. The molecule has 1 aliphatic heterocycles. The third-order valence-electron chi connectivity index (χ3n) is 9.73. The second-order valence-corrected chi connectivity index (χ2v) is 17.4. The van der Waals surface area contributed by atoms with Gasteiger partial charge in [0.2, 0.25) is 15.9 Å². The molecule has 12 heteroatoms. The molecule has 1 heterocycles. The minimum absolute atomic E-state index is 0.000515. The van der Waals surface area contributed by atoms with Gasteiger partial charge < -0.3 is 20.7 Å². The number of Topliss-reactive ketones (excluding diaryl/α,β-unsaturated/α-hetero) is 2. The van der Waals surface area contributed by atoms with Crippen LogP contribution in [0, 0.1) is 24.7 Å². The maximum absolute atomic E-state index is 13.9. The van der Waals surface area contributed by atoms with Gasteiger partial charge in [0.15, 0.2) is 5.78 Å². The van der Waals surface area contributed by atoms with Gasteiger partial charge >= 0.3 is 6.09 Å². The second kappa shape index (κ2) is 16.6. The van der Waals surface area contributed by atoms with E-state index in [1.165, 1.54) is 0 Å². The van der Waals surface area contributed by atoms with Crippen LogP contribution in [0.1, 0.15) is 88.2 Å². The number of hydrogen-bond donors (Lipinski definition) is 4. The zero-order valence-electron chi connectivity index (χ0n) is 31.5. The van der Waals surface area contributed by atoms with Gasteiger partial charge in [-0.15, -0.1) is 0 Å². The first-order valence-electron chi connectivity index (χ1n) is 18.4. The van der Waals surface area contributed by atoms with Crippen molar-refractivity contribution in [2.75, 3.05) is 23.7 Å². The largest absolute Gasteiger partial charge is 0.444 e. The molecule has 0 aromatic heterocycles. The lowest BCUT2D eigenvalue weighted by atomic mass is 9.77. The van der Waals surface area contributed by atoms with E-state index in [2.05, 4.69) is 20.7 Å². The highest BCUT2D eigenvalue weighted by atomic mass is 32.2. The highest BCUT2D eigenvalue weighted by Gasteiger charge is 2.31. The maximum atomic E-state index is 13.9. The molecule has 0 radical (unpaired) electrons. The fourth-order valence-corrected chi connectivity index (χ4v) is 8.37. The minimum Gasteiger partial charge on any atom is -0.444 e. The van der Waals surface area contributed by atoms with Crippen LogP contribution in [-0.4, -0.2) is 56.7 Å². The van der Waals surface area contributed by atoms with Crippen LogP contribution in [0.25, 0.3) is 11.1 Å². The molecule has 3 aromatic carbocycles. The first-order chi connectivity index (χ1) is 25.0. The van der Waals surface area contributed by atoms with E-state index in [1.807, 2.05) is 52.0 Å². The van der Waals surface area contributed by atoms with Crippen molar-refractivity contribution in [3.05, 3.63) is 77.4 Å². The Morgan fingerprint density at radius 1 is 0.925 bits per heavy atom. The molecule has 1 saturated carbocycles. The Morgan fingerprint density at radius 2 is 1.60 bits per heavy atom. The number of carbonyl (C=O) groups excluding carboxylic acids is 4. The summed E-state index contributed by atoms with van der Waals surface area (Å²) in [6, 6.07) is 17.8. The number of rotatable bonds is 13. The smallest absolute Gasteiger partial charge is 0.407 e. The van der Waals surface area contributed by atoms with E-state index in [9.17, 15) is 27.6 Å². The number of fused-ring (bicyclic) bond motifs is 1. The number of aryl methyl sites for hydroxylation is 1. The molecular weight excluding hydrogens is 693 g/mol. The zero-order valence-corrected chi connectivity index (χ0v) is 32.3. The van der Waals surface area contributed by atoms with Gasteiger partial charge in [-0.2, -0.15) is 0 Å². The van der Waals surface area contributed by atoms with E-state index in [4.69, 9.17) is 4.74 Å². The number of nitrogens with one attached hydrogen (secondary N) is 4. The summed E-state index contributed by atoms with van der Waals surface area (Å²) in [5, 5.41) is 8.90. The van der Waals surface area contributed by atoms with E-state index in [0.717, 1.165) is 35.1 Å². The molecule has 2 amide bonds. The van der Waals surface area contributed by atoms with Gasteiger partial charge in [0.1, 0.15) is 11.4 Å². The molecular formula is C41H52N4O7S. The van der Waals surface area contributed by atoms with Crippen LogP contribution in [-0.2, 0) is 30.8 Å². The van der Waals surface area contributed by atoms with Gasteiger partial charge in [0, 0.05) is 47.8 Å². The van der Waals surface area contributed by atoms with Crippen LogP contribution >= 0.6 is 0 Å². The van der Waals surface area contributed by atoms with Gasteiger partial charge in [0.05, 0.1) is 11.4 Å². The summed E-state index contributed by atoms with van der Waals surface area (Å²) in [5.74, 6) is -0.762. The predicted octanol–water partition coefficient (Wildman–Crippen LogP) is 7.04. The summed E-state index contributed by atoms with van der Waals surface area (Å²) in [4.78, 5) is 52.0.